The van der Waals surface area contributed by atoms with E-state index in [1.54, 1.807) is 0 Å². The molecule has 9 nitrogen and oxygen atoms in total. The summed E-state index contributed by atoms with van der Waals surface area (Å²) in [5.41, 5.74) is -1.12. The summed E-state index contributed by atoms with van der Waals surface area (Å²) in [6.07, 6.45) is -7.22. The third-order valence-corrected chi connectivity index (χ3v) is 4.29. The highest BCUT2D eigenvalue weighted by Gasteiger charge is 2.45. The van der Waals surface area contributed by atoms with E-state index in [9.17, 15) is 30.3 Å². The first-order valence-electron chi connectivity index (χ1n) is 7.53. The number of hydrogen-bond donors (Lipinski definition) is 5. The van der Waals surface area contributed by atoms with Gasteiger partial charge in [-0.3, -0.25) is 0 Å². The van der Waals surface area contributed by atoms with Crippen LogP contribution in [0.3, 0.4) is 0 Å². The van der Waals surface area contributed by atoms with Gasteiger partial charge in [0, 0.05) is 5.39 Å². The summed E-state index contributed by atoms with van der Waals surface area (Å²) >= 11 is 0. The number of phenols is 1. The van der Waals surface area contributed by atoms with Crippen molar-refractivity contribution in [1.29, 1.82) is 0 Å². The fourth-order valence-corrected chi connectivity index (χ4v) is 2.89. The summed E-state index contributed by atoms with van der Waals surface area (Å²) in [4.78, 5) is 12.3. The molecule has 1 aliphatic heterocycles. The van der Waals surface area contributed by atoms with Gasteiger partial charge in [-0.2, -0.15) is 0 Å². The van der Waals surface area contributed by atoms with Crippen LogP contribution in [0.4, 0.5) is 0 Å². The predicted octanol–water partition coefficient (Wildman–Crippen LogP) is -0.978. The number of benzene rings is 1. The van der Waals surface area contributed by atoms with Gasteiger partial charge in [0.1, 0.15) is 30.5 Å². The van der Waals surface area contributed by atoms with E-state index in [1.807, 2.05) is 0 Å². The lowest BCUT2D eigenvalue weighted by Gasteiger charge is -2.39. The molecule has 5 N–H and O–H groups in total. The molecule has 0 radical (unpaired) electrons. The van der Waals surface area contributed by atoms with Crippen molar-refractivity contribution in [1.82, 2.24) is 0 Å². The van der Waals surface area contributed by atoms with Gasteiger partial charge in [-0.15, -0.1) is 0 Å². The van der Waals surface area contributed by atoms with E-state index >= 15 is 0 Å². The van der Waals surface area contributed by atoms with Crippen LogP contribution in [0.1, 0.15) is 11.7 Å². The predicted molar refractivity (Wildman–Crippen MR) is 83.4 cm³/mol. The molecule has 9 heteroatoms. The van der Waals surface area contributed by atoms with E-state index in [1.165, 1.54) is 25.3 Å². The van der Waals surface area contributed by atoms with Gasteiger partial charge in [0.2, 0.25) is 5.75 Å². The molecule has 1 fully saturated rings. The lowest BCUT2D eigenvalue weighted by Crippen LogP contribution is -2.55. The van der Waals surface area contributed by atoms with Crippen molar-refractivity contribution in [2.45, 2.75) is 30.5 Å². The number of aliphatic hydroxyl groups is 4. The fourth-order valence-electron chi connectivity index (χ4n) is 2.89. The minimum Gasteiger partial charge on any atom is -0.502 e. The highest BCUT2D eigenvalue weighted by molar-refractivity contribution is 5.85. The standard InChI is InChI=1S/C16H18O9/c1-23-8-3-2-6-4-7(16(22)25-14(6)11(8)19)15-13(21)12(20)10(18)9(5-17)24-15/h2-4,9-10,12-13,15,17-21H,5H2,1H3/t9-,10-,12+,13-,15?/m1/s1. The monoisotopic (exact) mass is 354 g/mol. The molecule has 2 heterocycles. The van der Waals surface area contributed by atoms with Crippen molar-refractivity contribution in [2.24, 2.45) is 0 Å². The molecule has 0 aliphatic carbocycles. The van der Waals surface area contributed by atoms with Crippen LogP contribution in [0.5, 0.6) is 11.5 Å². The highest BCUT2D eigenvalue weighted by Crippen LogP contribution is 2.36. The Kier molecular flexibility index (Phi) is 4.67. The van der Waals surface area contributed by atoms with E-state index in [0.29, 0.717) is 5.39 Å². The van der Waals surface area contributed by atoms with Crippen LogP contribution in [0.2, 0.25) is 0 Å². The van der Waals surface area contributed by atoms with E-state index < -0.39 is 42.8 Å². The minimum atomic E-state index is -1.62. The zero-order valence-corrected chi connectivity index (χ0v) is 13.2. The number of aromatic hydroxyl groups is 1. The molecule has 25 heavy (non-hydrogen) atoms. The Hall–Kier alpha value is -2.17. The third-order valence-electron chi connectivity index (χ3n) is 4.29. The molecule has 1 aromatic carbocycles. The summed E-state index contributed by atoms with van der Waals surface area (Å²) in [6.45, 7) is -0.613. The van der Waals surface area contributed by atoms with Gasteiger partial charge in [0.25, 0.3) is 0 Å². The normalized spacial score (nSPS) is 29.7. The van der Waals surface area contributed by atoms with E-state index in [2.05, 4.69) is 0 Å². The zero-order valence-electron chi connectivity index (χ0n) is 13.2. The van der Waals surface area contributed by atoms with Gasteiger partial charge in [-0.1, -0.05) is 0 Å². The molecule has 1 unspecified atom stereocenters. The van der Waals surface area contributed by atoms with Crippen molar-refractivity contribution in [2.75, 3.05) is 13.7 Å². The Labute approximate surface area is 141 Å². The summed E-state index contributed by atoms with van der Waals surface area (Å²) < 4.78 is 15.4. The SMILES string of the molecule is COc1ccc2cc(C3O[C@H](CO)[C@@H](O)[C@H](O)[C@H]3O)c(=O)oc2c1O. The molecule has 1 aromatic heterocycles. The second kappa shape index (κ2) is 6.62. The van der Waals surface area contributed by atoms with Crippen molar-refractivity contribution in [3.8, 4) is 11.5 Å². The average Bonchev–Trinajstić information content (AvgIpc) is 2.61. The number of phenolic OH excluding ortho intramolecular Hbond substituents is 1. The van der Waals surface area contributed by atoms with E-state index in [-0.39, 0.29) is 22.6 Å². The Balaban J connectivity index is 2.09. The largest absolute Gasteiger partial charge is 0.502 e. The minimum absolute atomic E-state index is 0.0994. The number of rotatable bonds is 3. The molecule has 0 bridgehead atoms. The lowest BCUT2D eigenvalue weighted by molar-refractivity contribution is -0.232. The molecule has 0 spiro atoms. The van der Waals surface area contributed by atoms with E-state index in [0.717, 1.165) is 0 Å². The first-order chi connectivity index (χ1) is 11.9. The van der Waals surface area contributed by atoms with Gasteiger partial charge < -0.3 is 39.4 Å². The van der Waals surface area contributed by atoms with Crippen LogP contribution >= 0.6 is 0 Å². The number of fused-ring (bicyclic) bond motifs is 1. The Bertz CT molecular complexity index is 828. The molecule has 5 atom stereocenters. The van der Waals surface area contributed by atoms with Crippen molar-refractivity contribution in [3.63, 3.8) is 0 Å². The lowest BCUT2D eigenvalue weighted by atomic mass is 9.91. The molecule has 0 saturated carbocycles. The molecule has 1 saturated heterocycles. The molecule has 136 valence electrons. The van der Waals surface area contributed by atoms with Crippen LogP contribution in [-0.4, -0.2) is 63.7 Å². The third kappa shape index (κ3) is 2.86. The van der Waals surface area contributed by atoms with Gasteiger partial charge in [0.05, 0.1) is 19.3 Å². The summed E-state index contributed by atoms with van der Waals surface area (Å²) in [5, 5.41) is 49.4. The molecule has 3 rings (SSSR count). The van der Waals surface area contributed by atoms with Crippen molar-refractivity contribution in [3.05, 3.63) is 34.2 Å². The van der Waals surface area contributed by atoms with Crippen LogP contribution < -0.4 is 10.4 Å². The molecular formula is C16H18O9. The topological polar surface area (TPSA) is 150 Å². The van der Waals surface area contributed by atoms with Gasteiger partial charge in [0.15, 0.2) is 11.3 Å². The van der Waals surface area contributed by atoms with Gasteiger partial charge in [-0.25, -0.2) is 4.79 Å². The Morgan fingerprint density at radius 3 is 2.52 bits per heavy atom. The van der Waals surface area contributed by atoms with Crippen LogP contribution in [0, 0.1) is 0 Å². The number of methoxy groups -OCH3 is 1. The molecule has 1 aliphatic rings. The van der Waals surface area contributed by atoms with Crippen LogP contribution in [0.15, 0.2) is 27.4 Å². The fraction of sp³-hybridized carbons (Fsp3) is 0.438. The zero-order chi connectivity index (χ0) is 18.3. The van der Waals surface area contributed by atoms with Crippen molar-refractivity contribution < 1.29 is 39.4 Å². The maximum absolute atomic E-state index is 12.3. The van der Waals surface area contributed by atoms with Gasteiger partial charge >= 0.3 is 5.63 Å². The Morgan fingerprint density at radius 2 is 1.88 bits per heavy atom. The number of ether oxygens (including phenoxy) is 2. The second-order valence-corrected chi connectivity index (χ2v) is 5.77. The van der Waals surface area contributed by atoms with Crippen molar-refractivity contribution >= 4 is 11.0 Å². The maximum Gasteiger partial charge on any atom is 0.342 e. The first kappa shape index (κ1) is 17.6. The maximum atomic E-state index is 12.3. The second-order valence-electron chi connectivity index (χ2n) is 5.77. The molecule has 0 amide bonds. The van der Waals surface area contributed by atoms with Crippen LogP contribution in [0.25, 0.3) is 11.0 Å². The van der Waals surface area contributed by atoms with E-state index in [4.69, 9.17) is 13.9 Å². The first-order valence-corrected chi connectivity index (χ1v) is 7.53. The number of hydrogen-bond acceptors (Lipinski definition) is 9. The highest BCUT2D eigenvalue weighted by atomic mass is 16.5. The Morgan fingerprint density at radius 1 is 1.16 bits per heavy atom. The summed E-state index contributed by atoms with van der Waals surface area (Å²) in [6, 6.07) is 4.34. The molecular weight excluding hydrogens is 336 g/mol. The van der Waals surface area contributed by atoms with Crippen LogP contribution in [-0.2, 0) is 4.74 Å². The number of aliphatic hydroxyl groups excluding tert-OH is 4. The molecule has 2 aromatic rings. The van der Waals surface area contributed by atoms with Gasteiger partial charge in [-0.05, 0) is 18.2 Å². The quantitative estimate of drug-likeness (QED) is 0.438. The summed E-state index contributed by atoms with van der Waals surface area (Å²) in [7, 11) is 1.35. The summed E-state index contributed by atoms with van der Waals surface area (Å²) in [5.74, 6) is -0.228. The smallest absolute Gasteiger partial charge is 0.342 e. The average molecular weight is 354 g/mol.